The van der Waals surface area contributed by atoms with Crippen LogP contribution in [0.1, 0.15) is 19.3 Å². The molecule has 0 aliphatic heterocycles. The fourth-order valence-electron chi connectivity index (χ4n) is 1.68. The number of nitrogens with one attached hydrogen (secondary N) is 2. The van der Waals surface area contributed by atoms with Gasteiger partial charge in [0, 0.05) is 24.9 Å². The van der Waals surface area contributed by atoms with Crippen molar-refractivity contribution in [2.75, 3.05) is 29.5 Å². The number of thiol groups is 1. The Morgan fingerprint density at radius 1 is 1.25 bits per heavy atom. The zero-order valence-corrected chi connectivity index (χ0v) is 10.2. The molecule has 0 bridgehead atoms. The summed E-state index contributed by atoms with van der Waals surface area (Å²) in [5, 5.41) is 6.54. The molecule has 0 atom stereocenters. The summed E-state index contributed by atoms with van der Waals surface area (Å²) in [5.74, 6) is 3.40. The van der Waals surface area contributed by atoms with E-state index >= 15 is 0 Å². The molecule has 0 amide bonds. The van der Waals surface area contributed by atoms with Gasteiger partial charge in [0.05, 0.1) is 0 Å². The molecule has 1 aromatic rings. The summed E-state index contributed by atoms with van der Waals surface area (Å²) in [4.78, 5) is 8.34. The van der Waals surface area contributed by atoms with Crippen LogP contribution in [0.3, 0.4) is 0 Å². The molecular weight excluding hydrogens is 220 g/mol. The van der Waals surface area contributed by atoms with E-state index in [1.807, 2.05) is 6.07 Å². The van der Waals surface area contributed by atoms with Gasteiger partial charge in [0.15, 0.2) is 0 Å². The van der Waals surface area contributed by atoms with Gasteiger partial charge in [0.1, 0.15) is 18.0 Å². The Hall–Kier alpha value is -0.970. The fraction of sp³-hybridized carbons (Fsp3) is 0.636. The summed E-state index contributed by atoms with van der Waals surface area (Å²) in [5.41, 5.74) is 0. The van der Waals surface area contributed by atoms with Crippen LogP contribution in [0.15, 0.2) is 12.4 Å². The van der Waals surface area contributed by atoms with Crippen LogP contribution in [0.4, 0.5) is 11.6 Å². The lowest BCUT2D eigenvalue weighted by molar-refractivity contribution is 0.333. The van der Waals surface area contributed by atoms with E-state index in [1.54, 1.807) is 6.33 Å². The second-order valence-corrected chi connectivity index (χ2v) is 4.56. The van der Waals surface area contributed by atoms with Crippen molar-refractivity contribution in [3.8, 4) is 0 Å². The van der Waals surface area contributed by atoms with Crippen LogP contribution < -0.4 is 10.6 Å². The highest BCUT2D eigenvalue weighted by atomic mass is 32.1. The van der Waals surface area contributed by atoms with Crippen molar-refractivity contribution in [2.24, 2.45) is 5.92 Å². The first kappa shape index (κ1) is 11.5. The van der Waals surface area contributed by atoms with Crippen molar-refractivity contribution in [1.29, 1.82) is 0 Å². The lowest BCUT2D eigenvalue weighted by Crippen LogP contribution is -2.21. The molecular formula is C11H18N4S. The Morgan fingerprint density at radius 2 is 2.00 bits per heavy atom. The summed E-state index contributed by atoms with van der Waals surface area (Å²) in [6, 6.07) is 1.95. The van der Waals surface area contributed by atoms with Crippen LogP contribution in [0.2, 0.25) is 0 Å². The summed E-state index contributed by atoms with van der Waals surface area (Å²) in [6.07, 6.45) is 5.67. The number of aromatic nitrogens is 2. The Bertz CT molecular complexity index is 328. The maximum atomic E-state index is 4.20. The van der Waals surface area contributed by atoms with Crippen LogP contribution in [-0.2, 0) is 0 Å². The topological polar surface area (TPSA) is 49.8 Å². The number of rotatable bonds is 6. The molecule has 0 aromatic carbocycles. The first-order valence-corrected chi connectivity index (χ1v) is 6.42. The van der Waals surface area contributed by atoms with E-state index in [1.165, 1.54) is 19.3 Å². The molecule has 1 fully saturated rings. The average molecular weight is 238 g/mol. The van der Waals surface area contributed by atoms with Gasteiger partial charge in [0.25, 0.3) is 0 Å². The van der Waals surface area contributed by atoms with Gasteiger partial charge < -0.3 is 10.6 Å². The monoisotopic (exact) mass is 238 g/mol. The van der Waals surface area contributed by atoms with E-state index in [4.69, 9.17) is 0 Å². The molecule has 0 unspecified atom stereocenters. The SMILES string of the molecule is SCCNc1cc(NCC2CCC2)ncn1. The van der Waals surface area contributed by atoms with Gasteiger partial charge in [-0.15, -0.1) is 0 Å². The molecule has 0 saturated heterocycles. The highest BCUT2D eigenvalue weighted by Crippen LogP contribution is 2.26. The molecule has 2 N–H and O–H groups in total. The van der Waals surface area contributed by atoms with Crippen molar-refractivity contribution in [3.05, 3.63) is 12.4 Å². The van der Waals surface area contributed by atoms with Crippen LogP contribution in [0.5, 0.6) is 0 Å². The molecule has 0 radical (unpaired) electrons. The van der Waals surface area contributed by atoms with E-state index in [9.17, 15) is 0 Å². The van der Waals surface area contributed by atoms with Crippen LogP contribution >= 0.6 is 12.6 Å². The van der Waals surface area contributed by atoms with Crippen molar-refractivity contribution < 1.29 is 0 Å². The summed E-state index contributed by atoms with van der Waals surface area (Å²) >= 11 is 4.14. The minimum Gasteiger partial charge on any atom is -0.370 e. The van der Waals surface area contributed by atoms with Crippen molar-refractivity contribution >= 4 is 24.3 Å². The lowest BCUT2D eigenvalue weighted by atomic mass is 9.85. The van der Waals surface area contributed by atoms with E-state index in [2.05, 4.69) is 33.2 Å². The molecule has 1 saturated carbocycles. The highest BCUT2D eigenvalue weighted by Gasteiger charge is 2.16. The maximum Gasteiger partial charge on any atom is 0.131 e. The second-order valence-electron chi connectivity index (χ2n) is 4.12. The fourth-order valence-corrected chi connectivity index (χ4v) is 1.79. The van der Waals surface area contributed by atoms with Gasteiger partial charge >= 0.3 is 0 Å². The van der Waals surface area contributed by atoms with Crippen LogP contribution in [0.25, 0.3) is 0 Å². The molecule has 5 heteroatoms. The predicted octanol–water partition coefficient (Wildman–Crippen LogP) is 2.03. The van der Waals surface area contributed by atoms with E-state index < -0.39 is 0 Å². The molecule has 16 heavy (non-hydrogen) atoms. The third-order valence-corrected chi connectivity index (χ3v) is 3.11. The highest BCUT2D eigenvalue weighted by molar-refractivity contribution is 7.80. The standard InChI is InChI=1S/C11H18N4S/c16-5-4-12-10-6-11(15-8-14-10)13-7-9-2-1-3-9/h6,8-9,16H,1-5,7H2,(H2,12,13,14,15). The molecule has 0 spiro atoms. The largest absolute Gasteiger partial charge is 0.370 e. The van der Waals surface area contributed by atoms with Gasteiger partial charge in [-0.3, -0.25) is 0 Å². The first-order valence-electron chi connectivity index (χ1n) is 5.79. The molecule has 1 aliphatic carbocycles. The van der Waals surface area contributed by atoms with E-state index in [0.29, 0.717) is 0 Å². The Balaban J connectivity index is 1.82. The predicted molar refractivity (Wildman–Crippen MR) is 70.2 cm³/mol. The normalized spacial score (nSPS) is 15.6. The quantitative estimate of drug-likeness (QED) is 0.664. The third-order valence-electron chi connectivity index (χ3n) is 2.88. The second kappa shape index (κ2) is 5.94. The molecule has 2 rings (SSSR count). The number of hydrogen-bond donors (Lipinski definition) is 3. The van der Waals surface area contributed by atoms with Crippen molar-refractivity contribution in [1.82, 2.24) is 9.97 Å². The lowest BCUT2D eigenvalue weighted by Gasteiger charge is -2.25. The number of hydrogen-bond acceptors (Lipinski definition) is 5. The average Bonchev–Trinajstić information content (AvgIpc) is 2.25. The Morgan fingerprint density at radius 3 is 2.62 bits per heavy atom. The van der Waals surface area contributed by atoms with Crippen LogP contribution in [0, 0.1) is 5.92 Å². The first-order chi connectivity index (χ1) is 7.88. The van der Waals surface area contributed by atoms with Gasteiger partial charge in [-0.1, -0.05) is 6.42 Å². The van der Waals surface area contributed by atoms with Gasteiger partial charge in [-0.25, -0.2) is 9.97 Å². The van der Waals surface area contributed by atoms with Gasteiger partial charge in [-0.05, 0) is 18.8 Å². The summed E-state index contributed by atoms with van der Waals surface area (Å²) in [6.45, 7) is 1.85. The van der Waals surface area contributed by atoms with E-state index in [0.717, 1.165) is 36.4 Å². The third kappa shape index (κ3) is 3.27. The molecule has 1 aromatic heterocycles. The molecule has 88 valence electrons. The van der Waals surface area contributed by atoms with Crippen LogP contribution in [-0.4, -0.2) is 28.8 Å². The maximum absolute atomic E-state index is 4.20. The summed E-state index contributed by atoms with van der Waals surface area (Å²) < 4.78 is 0. The minimum absolute atomic E-state index is 0.800. The molecule has 1 aliphatic rings. The minimum atomic E-state index is 0.800. The number of nitrogens with zero attached hydrogens (tertiary/aromatic N) is 2. The Labute approximate surface area is 102 Å². The smallest absolute Gasteiger partial charge is 0.131 e. The Kier molecular flexibility index (Phi) is 4.27. The van der Waals surface area contributed by atoms with E-state index in [-0.39, 0.29) is 0 Å². The van der Waals surface area contributed by atoms with Gasteiger partial charge in [0.2, 0.25) is 0 Å². The summed E-state index contributed by atoms with van der Waals surface area (Å²) in [7, 11) is 0. The zero-order valence-electron chi connectivity index (χ0n) is 9.32. The van der Waals surface area contributed by atoms with Gasteiger partial charge in [-0.2, -0.15) is 12.6 Å². The van der Waals surface area contributed by atoms with Crippen molar-refractivity contribution in [3.63, 3.8) is 0 Å². The molecule has 1 heterocycles. The van der Waals surface area contributed by atoms with Crippen molar-refractivity contribution in [2.45, 2.75) is 19.3 Å². The zero-order chi connectivity index (χ0) is 11.2. The molecule has 4 nitrogen and oxygen atoms in total. The number of anilines is 2.